The monoisotopic (exact) mass is 400 g/mol. The zero-order valence-electron chi connectivity index (χ0n) is 16.7. The lowest BCUT2D eigenvalue weighted by Crippen LogP contribution is -2.71. The Morgan fingerprint density at radius 1 is 1.34 bits per heavy atom. The van der Waals surface area contributed by atoms with Gasteiger partial charge < -0.3 is 19.0 Å². The number of hydrogen-bond acceptors (Lipinski definition) is 7. The highest BCUT2D eigenvalue weighted by molar-refractivity contribution is 5.99. The number of carbonyl (C=O) groups excluding carboxylic acids is 3. The summed E-state index contributed by atoms with van der Waals surface area (Å²) in [6, 6.07) is 1.65. The molecule has 1 aromatic rings. The first kappa shape index (κ1) is 18.6. The smallest absolute Gasteiger partial charge is 0.334 e. The molecule has 7 nitrogen and oxygen atoms in total. The van der Waals surface area contributed by atoms with Gasteiger partial charge in [0.2, 0.25) is 0 Å². The third kappa shape index (κ3) is 1.99. The van der Waals surface area contributed by atoms with Crippen molar-refractivity contribution in [3.63, 3.8) is 0 Å². The summed E-state index contributed by atoms with van der Waals surface area (Å²) in [5.74, 6) is -1.34. The van der Waals surface area contributed by atoms with Crippen molar-refractivity contribution in [3.05, 3.63) is 35.3 Å². The van der Waals surface area contributed by atoms with Gasteiger partial charge in [0, 0.05) is 36.7 Å². The molecule has 2 heterocycles. The van der Waals surface area contributed by atoms with Gasteiger partial charge in [0.25, 0.3) is 0 Å². The topological polar surface area (TPSA) is 103 Å². The Morgan fingerprint density at radius 2 is 2.10 bits per heavy atom. The number of aliphatic hydroxyl groups is 1. The zero-order chi connectivity index (χ0) is 20.8. The molecule has 1 saturated carbocycles. The van der Waals surface area contributed by atoms with Gasteiger partial charge in [-0.1, -0.05) is 19.9 Å². The maximum Gasteiger partial charge on any atom is 0.334 e. The molecule has 6 atom stereocenters. The summed E-state index contributed by atoms with van der Waals surface area (Å²) in [6.07, 6.45) is 3.43. The summed E-state index contributed by atoms with van der Waals surface area (Å²) in [5, 5.41) is 12.6. The second kappa shape index (κ2) is 5.59. The van der Waals surface area contributed by atoms with E-state index >= 15 is 0 Å². The number of allylic oxidation sites excluding steroid dienone is 1. The molecule has 29 heavy (non-hydrogen) atoms. The van der Waals surface area contributed by atoms with Crippen LogP contribution in [0.3, 0.4) is 0 Å². The Labute approximate surface area is 168 Å². The number of hydrogen-bond donors (Lipinski definition) is 1. The Kier molecular flexibility index (Phi) is 3.59. The fourth-order valence-electron chi connectivity index (χ4n) is 6.62. The van der Waals surface area contributed by atoms with Gasteiger partial charge in [0.15, 0.2) is 5.78 Å². The summed E-state index contributed by atoms with van der Waals surface area (Å²) in [6.45, 7) is 5.12. The van der Waals surface area contributed by atoms with E-state index in [1.54, 1.807) is 12.1 Å². The zero-order valence-corrected chi connectivity index (χ0v) is 16.7. The second-order valence-corrected chi connectivity index (χ2v) is 9.19. The molecule has 2 fully saturated rings. The van der Waals surface area contributed by atoms with E-state index in [9.17, 15) is 19.5 Å². The van der Waals surface area contributed by atoms with Crippen LogP contribution in [-0.4, -0.2) is 41.1 Å². The van der Waals surface area contributed by atoms with Crippen molar-refractivity contribution in [1.29, 1.82) is 0 Å². The molecule has 5 rings (SSSR count). The number of ether oxygens (including phenoxy) is 2. The molecule has 0 radical (unpaired) electrons. The first-order valence-electron chi connectivity index (χ1n) is 10.0. The molecular formula is C22H24O7. The minimum Gasteiger partial charge on any atom is -0.468 e. The summed E-state index contributed by atoms with van der Waals surface area (Å²) in [4.78, 5) is 37.6. The summed E-state index contributed by atoms with van der Waals surface area (Å²) in [5.41, 5.74) is -2.59. The van der Waals surface area contributed by atoms with Crippen LogP contribution in [0.25, 0.3) is 0 Å². The van der Waals surface area contributed by atoms with Crippen LogP contribution >= 0.6 is 0 Å². The average molecular weight is 400 g/mol. The highest BCUT2D eigenvalue weighted by Crippen LogP contribution is 2.70. The highest BCUT2D eigenvalue weighted by Gasteiger charge is 2.76. The van der Waals surface area contributed by atoms with E-state index in [1.807, 2.05) is 13.8 Å². The predicted molar refractivity (Wildman–Crippen MR) is 98.9 cm³/mol. The lowest BCUT2D eigenvalue weighted by Gasteiger charge is -2.64. The van der Waals surface area contributed by atoms with E-state index in [2.05, 4.69) is 0 Å². The largest absolute Gasteiger partial charge is 0.468 e. The summed E-state index contributed by atoms with van der Waals surface area (Å²) < 4.78 is 16.8. The molecule has 4 aliphatic rings. The number of cyclic esters (lactones) is 1. The minimum atomic E-state index is -1.47. The van der Waals surface area contributed by atoms with E-state index in [1.165, 1.54) is 13.2 Å². The van der Waals surface area contributed by atoms with Crippen molar-refractivity contribution in [2.75, 3.05) is 6.61 Å². The molecule has 1 saturated heterocycles. The number of rotatable bonds is 1. The number of esters is 2. The summed E-state index contributed by atoms with van der Waals surface area (Å²) in [7, 11) is 0. The number of furan rings is 1. The molecule has 0 amide bonds. The first-order chi connectivity index (χ1) is 13.7. The third-order valence-corrected chi connectivity index (χ3v) is 8.12. The Bertz CT molecular complexity index is 974. The number of carbonyl (C=O) groups is 3. The van der Waals surface area contributed by atoms with Crippen LogP contribution in [0.2, 0.25) is 0 Å². The number of ketones is 1. The maximum atomic E-state index is 13.2. The van der Waals surface area contributed by atoms with E-state index in [4.69, 9.17) is 13.9 Å². The molecule has 1 N–H and O–H groups in total. The maximum absolute atomic E-state index is 13.2. The predicted octanol–water partition coefficient (Wildman–Crippen LogP) is 2.53. The molecule has 0 bridgehead atoms. The van der Waals surface area contributed by atoms with Crippen LogP contribution in [0.1, 0.15) is 62.1 Å². The Balaban J connectivity index is 1.80. The standard InChI is InChI=1S/C22H24O7/c1-11-17(29-12(2)23)9-21-10-28-19(25)15(21)5-4-14-18-13(6-7-27-18)16(24)8-20(11,3)22(14,21)26/h5-7,11,14,17,26H,4,8-10H2,1-3H3/t11-,14+,17-,20+,21-,22-/m1/s1. The fraction of sp³-hybridized carbons (Fsp3) is 0.591. The van der Waals surface area contributed by atoms with E-state index < -0.39 is 40.4 Å². The highest BCUT2D eigenvalue weighted by atomic mass is 16.6. The molecule has 1 aliphatic heterocycles. The molecule has 3 aliphatic carbocycles. The van der Waals surface area contributed by atoms with Crippen LogP contribution in [0.4, 0.5) is 0 Å². The van der Waals surface area contributed by atoms with Gasteiger partial charge in [-0.05, 0) is 12.5 Å². The van der Waals surface area contributed by atoms with Crippen LogP contribution in [-0.2, 0) is 19.1 Å². The van der Waals surface area contributed by atoms with Gasteiger partial charge >= 0.3 is 11.9 Å². The van der Waals surface area contributed by atoms with Gasteiger partial charge in [-0.15, -0.1) is 0 Å². The van der Waals surface area contributed by atoms with Crippen LogP contribution in [0.5, 0.6) is 0 Å². The quantitative estimate of drug-likeness (QED) is 0.723. The number of fused-ring (bicyclic) bond motifs is 2. The molecule has 154 valence electrons. The molecule has 0 aromatic carbocycles. The van der Waals surface area contributed by atoms with Crippen LogP contribution in [0, 0.1) is 16.7 Å². The van der Waals surface area contributed by atoms with Crippen molar-refractivity contribution in [2.45, 2.75) is 57.7 Å². The lowest BCUT2D eigenvalue weighted by molar-refractivity contribution is -0.251. The number of Topliss-reactive ketones (excluding diaryl/α,β-unsaturated/α-hetero) is 1. The minimum absolute atomic E-state index is 0.00499. The second-order valence-electron chi connectivity index (χ2n) is 9.19. The molecule has 1 spiro atoms. The molecule has 7 heteroatoms. The Morgan fingerprint density at radius 3 is 2.83 bits per heavy atom. The normalized spacial score (nSPS) is 42.8. The van der Waals surface area contributed by atoms with E-state index in [0.717, 1.165) is 0 Å². The van der Waals surface area contributed by atoms with Crippen molar-refractivity contribution in [1.82, 2.24) is 0 Å². The fourth-order valence-corrected chi connectivity index (χ4v) is 6.62. The molecular weight excluding hydrogens is 376 g/mol. The molecule has 0 unspecified atom stereocenters. The average Bonchev–Trinajstić information content (AvgIpc) is 3.24. The van der Waals surface area contributed by atoms with Gasteiger partial charge in [-0.2, -0.15) is 0 Å². The van der Waals surface area contributed by atoms with Crippen molar-refractivity contribution in [2.24, 2.45) is 16.7 Å². The van der Waals surface area contributed by atoms with Gasteiger partial charge in [0.1, 0.15) is 18.5 Å². The Hall–Kier alpha value is -2.41. The SMILES string of the molecule is CC(=O)O[C@@H]1C[C@@]23COC(=O)C2=CC[C@H]2c4occc4C(=O)C[C@@](C)([C@@H]1C)[C@]23O. The van der Waals surface area contributed by atoms with E-state index in [0.29, 0.717) is 23.3 Å². The summed E-state index contributed by atoms with van der Waals surface area (Å²) >= 11 is 0. The van der Waals surface area contributed by atoms with Gasteiger partial charge in [-0.3, -0.25) is 9.59 Å². The first-order valence-corrected chi connectivity index (χ1v) is 10.0. The van der Waals surface area contributed by atoms with Crippen molar-refractivity contribution in [3.8, 4) is 0 Å². The van der Waals surface area contributed by atoms with E-state index in [-0.39, 0.29) is 31.1 Å². The van der Waals surface area contributed by atoms with Crippen LogP contribution < -0.4 is 0 Å². The van der Waals surface area contributed by atoms with Gasteiger partial charge in [0.05, 0.1) is 28.8 Å². The van der Waals surface area contributed by atoms with Crippen molar-refractivity contribution >= 4 is 17.7 Å². The lowest BCUT2D eigenvalue weighted by atomic mass is 9.41. The molecule has 1 aromatic heterocycles. The van der Waals surface area contributed by atoms with Crippen molar-refractivity contribution < 1.29 is 33.4 Å². The van der Waals surface area contributed by atoms with Crippen LogP contribution in [0.15, 0.2) is 28.4 Å². The van der Waals surface area contributed by atoms with Gasteiger partial charge in [-0.25, -0.2) is 4.79 Å². The third-order valence-electron chi connectivity index (χ3n) is 8.12.